The van der Waals surface area contributed by atoms with Crippen molar-refractivity contribution in [3.8, 4) is 5.75 Å². The number of rotatable bonds is 3. The van der Waals surface area contributed by atoms with E-state index in [2.05, 4.69) is 10.2 Å². The Kier molecular flexibility index (Phi) is 3.61. The lowest BCUT2D eigenvalue weighted by molar-refractivity contribution is 0.250. The van der Waals surface area contributed by atoms with Crippen molar-refractivity contribution in [2.75, 3.05) is 0 Å². The minimum absolute atomic E-state index is 0.00332. The first-order chi connectivity index (χ1) is 8.95. The minimum Gasteiger partial charge on any atom is -0.556 e. The number of hydrogen-bond acceptors (Lipinski definition) is 6. The lowest BCUT2D eigenvalue weighted by atomic mass is 9.71. The molecule has 7 heteroatoms. The molecule has 0 bridgehead atoms. The largest absolute Gasteiger partial charge is 0.556 e. The van der Waals surface area contributed by atoms with Crippen LogP contribution in [0.15, 0.2) is 58.8 Å². The number of hydrogen-bond donors (Lipinski definition) is 4. The molecule has 2 aromatic rings. The van der Waals surface area contributed by atoms with Gasteiger partial charge in [-0.05, 0) is 36.4 Å². The van der Waals surface area contributed by atoms with E-state index in [4.69, 9.17) is 20.2 Å². The van der Waals surface area contributed by atoms with Gasteiger partial charge in [-0.2, -0.15) is 10.2 Å². The Balaban J connectivity index is 2.13. The molecule has 0 heterocycles. The average Bonchev–Trinajstić information content (AvgIpc) is 2.37. The molecule has 2 aromatic carbocycles. The molecule has 6 nitrogen and oxygen atoms in total. The number of aromatic hydroxyl groups is 1. The highest BCUT2D eigenvalue weighted by Crippen LogP contribution is 2.20. The van der Waals surface area contributed by atoms with Crippen molar-refractivity contribution in [1.82, 2.24) is 0 Å². The van der Waals surface area contributed by atoms with Gasteiger partial charge in [0.25, 0.3) is 0 Å². The van der Waals surface area contributed by atoms with Crippen LogP contribution in [0.5, 0.6) is 5.75 Å². The lowest BCUT2D eigenvalue weighted by Gasteiger charge is -2.20. The van der Waals surface area contributed by atoms with Crippen molar-refractivity contribution in [3.63, 3.8) is 0 Å². The highest BCUT2D eigenvalue weighted by molar-refractivity contribution is 6.71. The maximum Gasteiger partial charge on any atom is 0.402 e. The number of phenolic OH excluding ortho intramolecular Hbond substituents is 1. The van der Waals surface area contributed by atoms with Crippen molar-refractivity contribution >= 4 is 23.6 Å². The van der Waals surface area contributed by atoms with Gasteiger partial charge in [0.2, 0.25) is 0 Å². The summed E-state index contributed by atoms with van der Waals surface area (Å²) in [7, 11) is 0. The Morgan fingerprint density at radius 2 is 1.11 bits per heavy atom. The molecule has 0 unspecified atom stereocenters. The lowest BCUT2D eigenvalue weighted by Crippen LogP contribution is -2.48. The maximum absolute atomic E-state index is 9.11. The summed E-state index contributed by atoms with van der Waals surface area (Å²) in [5, 5.41) is 44.0. The van der Waals surface area contributed by atoms with Gasteiger partial charge in [0, 0.05) is 0 Å². The molecule has 98 valence electrons. The standard InChI is InChI=1S/C12H12BN2O4/c16-12-7-5-11(6-8-12)15-14-10-3-1-9(2-4-10)13(17,18)19/h1-8,16-19H/q-1. The predicted octanol–water partition coefficient (Wildman–Crippen LogP) is 0.930. The van der Waals surface area contributed by atoms with Crippen LogP contribution in [-0.2, 0) is 0 Å². The highest BCUT2D eigenvalue weighted by Gasteiger charge is 2.17. The Labute approximate surface area is 109 Å². The molecule has 0 radical (unpaired) electrons. The summed E-state index contributed by atoms with van der Waals surface area (Å²) >= 11 is 0. The van der Waals surface area contributed by atoms with Gasteiger partial charge >= 0.3 is 6.75 Å². The molecule has 0 atom stereocenters. The van der Waals surface area contributed by atoms with E-state index >= 15 is 0 Å². The Bertz CT molecular complexity index is 576. The summed E-state index contributed by atoms with van der Waals surface area (Å²) in [5.41, 5.74) is 1.08. The van der Waals surface area contributed by atoms with Crippen molar-refractivity contribution in [3.05, 3.63) is 48.5 Å². The minimum atomic E-state index is -3.48. The summed E-state index contributed by atoms with van der Waals surface area (Å²) in [6.45, 7) is -3.48. The molecule has 0 aromatic heterocycles. The molecule has 2 rings (SSSR count). The summed E-state index contributed by atoms with van der Waals surface area (Å²) in [6, 6.07) is 11.9. The van der Waals surface area contributed by atoms with Gasteiger partial charge < -0.3 is 20.2 Å². The van der Waals surface area contributed by atoms with Gasteiger partial charge in [-0.15, -0.1) is 5.46 Å². The quantitative estimate of drug-likeness (QED) is 0.486. The van der Waals surface area contributed by atoms with Gasteiger partial charge in [-0.3, -0.25) is 0 Å². The van der Waals surface area contributed by atoms with E-state index in [0.29, 0.717) is 11.4 Å². The van der Waals surface area contributed by atoms with E-state index in [0.717, 1.165) is 0 Å². The van der Waals surface area contributed by atoms with Crippen LogP contribution in [0.4, 0.5) is 11.4 Å². The Morgan fingerprint density at radius 3 is 1.53 bits per heavy atom. The van der Waals surface area contributed by atoms with Crippen LogP contribution in [0.3, 0.4) is 0 Å². The molecule has 0 spiro atoms. The van der Waals surface area contributed by atoms with Crippen LogP contribution in [0.1, 0.15) is 0 Å². The topological polar surface area (TPSA) is 106 Å². The predicted molar refractivity (Wildman–Crippen MR) is 70.8 cm³/mol. The fraction of sp³-hybridized carbons (Fsp3) is 0. The fourth-order valence-corrected chi connectivity index (χ4v) is 1.43. The fourth-order valence-electron chi connectivity index (χ4n) is 1.43. The number of phenols is 1. The highest BCUT2D eigenvalue weighted by atomic mass is 16.5. The SMILES string of the molecule is Oc1ccc(N=Nc2ccc([B-](O)(O)O)cc2)cc1. The molecule has 0 fully saturated rings. The molecule has 19 heavy (non-hydrogen) atoms. The second-order valence-corrected chi connectivity index (χ2v) is 4.04. The first kappa shape index (κ1) is 13.2. The average molecular weight is 259 g/mol. The van der Waals surface area contributed by atoms with Gasteiger partial charge in [0.1, 0.15) is 5.75 Å². The molecule has 0 saturated carbocycles. The van der Waals surface area contributed by atoms with Gasteiger partial charge in [-0.1, -0.05) is 12.1 Å². The van der Waals surface area contributed by atoms with E-state index in [1.54, 1.807) is 12.1 Å². The van der Waals surface area contributed by atoms with Crippen LogP contribution < -0.4 is 5.46 Å². The normalized spacial score (nSPS) is 11.9. The van der Waals surface area contributed by atoms with Crippen molar-refractivity contribution in [2.24, 2.45) is 10.2 Å². The number of nitrogens with zero attached hydrogens (tertiary/aromatic N) is 2. The number of azo groups is 1. The molecule has 0 saturated heterocycles. The second-order valence-electron chi connectivity index (χ2n) is 4.04. The van der Waals surface area contributed by atoms with Crippen molar-refractivity contribution < 1.29 is 20.2 Å². The third-order valence-electron chi connectivity index (χ3n) is 2.47. The van der Waals surface area contributed by atoms with E-state index in [1.807, 2.05) is 0 Å². The van der Waals surface area contributed by atoms with E-state index in [-0.39, 0.29) is 11.2 Å². The first-order valence-corrected chi connectivity index (χ1v) is 5.58. The van der Waals surface area contributed by atoms with Crippen LogP contribution in [0.2, 0.25) is 0 Å². The molecular weight excluding hydrogens is 247 g/mol. The molecular formula is C12H12BN2O4-. The zero-order valence-electron chi connectivity index (χ0n) is 9.88. The van der Waals surface area contributed by atoms with E-state index < -0.39 is 6.75 Å². The molecule has 0 aliphatic carbocycles. The van der Waals surface area contributed by atoms with Crippen LogP contribution in [-0.4, -0.2) is 26.9 Å². The summed E-state index contributed by atoms with van der Waals surface area (Å²) in [4.78, 5) is 0. The van der Waals surface area contributed by atoms with Crippen molar-refractivity contribution in [2.45, 2.75) is 0 Å². The molecule has 4 N–H and O–H groups in total. The first-order valence-electron chi connectivity index (χ1n) is 5.58. The van der Waals surface area contributed by atoms with Crippen LogP contribution in [0, 0.1) is 0 Å². The van der Waals surface area contributed by atoms with Gasteiger partial charge in [-0.25, -0.2) is 0 Å². The van der Waals surface area contributed by atoms with E-state index in [9.17, 15) is 0 Å². The van der Waals surface area contributed by atoms with Crippen molar-refractivity contribution in [1.29, 1.82) is 0 Å². The third kappa shape index (κ3) is 3.62. The summed E-state index contributed by atoms with van der Waals surface area (Å²) in [6.07, 6.45) is 0. The second kappa shape index (κ2) is 5.19. The zero-order chi connectivity index (χ0) is 13.9. The van der Waals surface area contributed by atoms with Crippen LogP contribution >= 0.6 is 0 Å². The van der Waals surface area contributed by atoms with E-state index in [1.165, 1.54) is 36.4 Å². The molecule has 0 aliphatic rings. The Hall–Kier alpha value is -2.22. The summed E-state index contributed by atoms with van der Waals surface area (Å²) in [5.74, 6) is 0.149. The molecule has 0 amide bonds. The monoisotopic (exact) mass is 259 g/mol. The smallest absolute Gasteiger partial charge is 0.402 e. The maximum atomic E-state index is 9.11. The van der Waals surface area contributed by atoms with Gasteiger partial charge in [0.05, 0.1) is 11.4 Å². The molecule has 0 aliphatic heterocycles. The summed E-state index contributed by atoms with van der Waals surface area (Å²) < 4.78 is 0. The number of benzene rings is 2. The van der Waals surface area contributed by atoms with Gasteiger partial charge in [0.15, 0.2) is 0 Å². The van der Waals surface area contributed by atoms with Crippen LogP contribution in [0.25, 0.3) is 0 Å². The Morgan fingerprint density at radius 1 is 0.684 bits per heavy atom. The third-order valence-corrected chi connectivity index (χ3v) is 2.47. The zero-order valence-corrected chi connectivity index (χ0v) is 9.88.